The molecule has 4 unspecified atom stereocenters. The molecule has 14 heterocycles. The van der Waals surface area contributed by atoms with E-state index in [1.807, 2.05) is 64.1 Å². The molecule has 12 aliphatic rings. The Balaban J connectivity index is 0.000000145. The molecule has 0 radical (unpaired) electrons. The maximum absolute atomic E-state index is 14.2. The van der Waals surface area contributed by atoms with Crippen LogP contribution in [0.2, 0.25) is 5.15 Å². The number of allylic oxidation sites excluding steroid dienone is 2. The highest BCUT2D eigenvalue weighted by Gasteiger charge is 2.63. The lowest BCUT2D eigenvalue weighted by atomic mass is 9.72. The molecule has 2 spiro atoms. The molecule has 6 aromatic carbocycles. The fraction of sp³-hybridized carbons (Fsp3) is 0.333. The number of halogens is 2. The second-order valence-electron chi connectivity index (χ2n) is 31.1. The van der Waals surface area contributed by atoms with Gasteiger partial charge in [-0.15, -0.1) is 0 Å². The molecule has 0 saturated carbocycles. The van der Waals surface area contributed by atoms with Crippen LogP contribution in [0.4, 0.5) is 11.4 Å². The second kappa shape index (κ2) is 24.1. The van der Waals surface area contributed by atoms with E-state index in [4.69, 9.17) is 70.3 Å². The number of carbonyl (C=O) groups is 4. The number of ketones is 2. The van der Waals surface area contributed by atoms with E-state index in [0.717, 1.165) is 95.7 Å². The normalized spacial score (nSPS) is 23.4. The van der Waals surface area contributed by atoms with Crippen molar-refractivity contribution in [3.8, 4) is 56.9 Å². The fourth-order valence-electron chi connectivity index (χ4n) is 17.9. The molecular weight excluding hydrogens is 1380 g/mol. The zero-order chi connectivity index (χ0) is 73.0. The van der Waals surface area contributed by atoms with E-state index in [2.05, 4.69) is 100 Å². The van der Waals surface area contributed by atoms with E-state index in [1.165, 1.54) is 5.56 Å². The third-order valence-electron chi connectivity index (χ3n) is 23.2. The monoisotopic (exact) mass is 1460 g/mol. The predicted octanol–water partition coefficient (Wildman–Crippen LogP) is 14.7. The van der Waals surface area contributed by atoms with Crippen molar-refractivity contribution in [1.29, 1.82) is 0 Å². The number of nitrogens with zero attached hydrogens (tertiary/aromatic N) is 4. The highest BCUT2D eigenvalue weighted by molar-refractivity contribution is 6.36. The highest BCUT2D eigenvalue weighted by Crippen LogP contribution is 2.63. The number of nitrogens with one attached hydrogen (secondary N) is 4. The molecule has 4 aromatic heterocycles. The topological polar surface area (TPSA) is 279 Å². The van der Waals surface area contributed by atoms with Gasteiger partial charge in [0.05, 0.1) is 6.20 Å². The van der Waals surface area contributed by atoms with Gasteiger partial charge in [-0.3, -0.25) is 19.2 Å². The SMILES string of the molecule is CC(C)C1NC(=O)[C@@H](CC(=O)[C@@H](O)C(C)C)Cc2ccc3c(c2)[C@]24c5ccc(cc5NC2O3)-c2cccc3c2C(=C(Cl)C3)c2oc(nc2Cl)-c2nc1oc24.CC(C)C1NC(=O)[C@@H](CC(=O)[C@@H](O)C(C)C)Cc2ccc3c(c2)[C@]24c5ccc(cc5NC2O3)-c2cccc3c2C(=CC3)c2cnc(o2)-c2nc1oc24. The molecule has 106 heavy (non-hydrogen) atoms. The minimum atomic E-state index is -1.18. The third kappa shape index (κ3) is 9.71. The summed E-state index contributed by atoms with van der Waals surface area (Å²) in [4.78, 5) is 74.9. The van der Waals surface area contributed by atoms with Crippen LogP contribution in [0.15, 0.2) is 144 Å². The molecule has 10 atom stereocenters. The summed E-state index contributed by atoms with van der Waals surface area (Å²) in [6.07, 6.45) is 1.97. The van der Waals surface area contributed by atoms with E-state index in [0.29, 0.717) is 74.7 Å². The van der Waals surface area contributed by atoms with E-state index in [-0.39, 0.29) is 89.7 Å². The van der Waals surface area contributed by atoms with Crippen molar-refractivity contribution in [2.75, 3.05) is 10.6 Å². The second-order valence-corrected chi connectivity index (χ2v) is 32.0. The number of benzene rings is 6. The number of aliphatic hydroxyl groups is 2. The molecule has 2 aliphatic carbocycles. The van der Waals surface area contributed by atoms with Crippen LogP contribution in [0, 0.1) is 35.5 Å². The van der Waals surface area contributed by atoms with Crippen molar-refractivity contribution < 1.29 is 56.5 Å². The Morgan fingerprint density at radius 1 is 0.575 bits per heavy atom. The predicted molar refractivity (Wildman–Crippen MR) is 395 cm³/mol. The smallest absolute Gasteiger partial charge is 0.250 e. The molecule has 2 amide bonds. The summed E-state index contributed by atoms with van der Waals surface area (Å²) in [5.74, 6) is 0.457. The van der Waals surface area contributed by atoms with Gasteiger partial charge in [-0.05, 0) is 134 Å². The molecule has 20 nitrogen and oxygen atoms in total. The minimum Gasteiger partial charge on any atom is -0.469 e. The maximum Gasteiger partial charge on any atom is 0.250 e. The standard InChI is InChI=1S/C42H36Cl2N4O6.C42H38N4O6/c1-17(2)32-39-47-33-36(54-39)42-24-10-9-20(23-7-5-6-21-14-26(43)31(30(21)23)35-37(44)48-40(33)53-35)15-27(24)45-41(42)52-29-11-8-19(13-25(29)42)12-22(38(51)46-32)16-28(49)34(50)18(3)4;1-19(2)34-40-46-35-37(52-40)42-27-12-10-23(25-7-5-6-22-9-11-26(33(22)25)32-18-43-39(35)50-32)16-29(27)44-41(42)51-31-13-8-21(15-28(31)42)14-24(38(49)45-34)17-30(47)36(48)20(3)4/h5-11,13,15,17-18,22,32,34,41,45,50H,12,14,16H2,1-4H3,(H,46,51);5-8,10-13,15-16,18-20,24,34,36,41,44,48H,9,14,17H2,1-4H3,(H,45,49)/t22-,32?,34+,41?,42+;24-,34?,36+,41?,42+/m11/s1. The van der Waals surface area contributed by atoms with Gasteiger partial charge in [0.2, 0.25) is 29.5 Å². The number of hydrogen-bond acceptors (Lipinski definition) is 18. The van der Waals surface area contributed by atoms with Gasteiger partial charge in [-0.2, -0.15) is 4.98 Å². The van der Waals surface area contributed by atoms with Gasteiger partial charge in [0.25, 0.3) is 5.89 Å². The summed E-state index contributed by atoms with van der Waals surface area (Å²) in [6.45, 7) is 15.1. The van der Waals surface area contributed by atoms with Crippen molar-refractivity contribution in [1.82, 2.24) is 30.6 Å². The number of rotatable bonds is 10. The summed E-state index contributed by atoms with van der Waals surface area (Å²) < 4.78 is 40.8. The number of fused-ring (bicyclic) bond motifs is 6. The largest absolute Gasteiger partial charge is 0.469 e. The molecule has 0 saturated heterocycles. The average Bonchev–Trinajstić information content (AvgIpc) is 1.52. The lowest BCUT2D eigenvalue weighted by Gasteiger charge is -2.28. The number of aromatic nitrogens is 4. The Bertz CT molecular complexity index is 5560. The van der Waals surface area contributed by atoms with Crippen LogP contribution < -0.4 is 30.7 Å². The molecular formula is C84H74Cl2N8O12. The van der Waals surface area contributed by atoms with Crippen LogP contribution in [0.5, 0.6) is 11.5 Å². The molecule has 6 N–H and O–H groups in total. The van der Waals surface area contributed by atoms with Crippen molar-refractivity contribution >= 4 is 69.1 Å². The molecule has 22 rings (SSSR count). The van der Waals surface area contributed by atoms with E-state index < -0.39 is 59.4 Å². The Morgan fingerprint density at radius 2 is 1.09 bits per heavy atom. The van der Waals surface area contributed by atoms with Crippen LogP contribution in [0.25, 0.3) is 56.6 Å². The number of amides is 2. The quantitative estimate of drug-likeness (QED) is 0.0742. The zero-order valence-corrected chi connectivity index (χ0v) is 60.8. The Kier molecular flexibility index (Phi) is 15.1. The van der Waals surface area contributed by atoms with Crippen LogP contribution in [-0.2, 0) is 55.7 Å². The van der Waals surface area contributed by atoms with Crippen LogP contribution >= 0.6 is 23.2 Å². The van der Waals surface area contributed by atoms with Crippen molar-refractivity contribution in [3.63, 3.8) is 0 Å². The number of ether oxygens (including phenoxy) is 2. The van der Waals surface area contributed by atoms with Gasteiger partial charge in [-0.1, -0.05) is 170 Å². The van der Waals surface area contributed by atoms with E-state index in [1.54, 1.807) is 33.9 Å². The van der Waals surface area contributed by atoms with Crippen LogP contribution in [0.1, 0.15) is 171 Å². The fourth-order valence-corrected chi connectivity index (χ4v) is 18.4. The number of carbonyl (C=O) groups excluding carboxylic acids is 4. The van der Waals surface area contributed by atoms with Crippen LogP contribution in [0.3, 0.4) is 0 Å². The van der Waals surface area contributed by atoms with Gasteiger partial charge in [0.1, 0.15) is 46.6 Å². The summed E-state index contributed by atoms with van der Waals surface area (Å²) in [5.41, 5.74) is 15.8. The lowest BCUT2D eigenvalue weighted by molar-refractivity contribution is -0.135. The molecule has 536 valence electrons. The first-order valence-corrected chi connectivity index (χ1v) is 37.3. The van der Waals surface area contributed by atoms with E-state index >= 15 is 0 Å². The maximum atomic E-state index is 14.2. The van der Waals surface area contributed by atoms with Crippen molar-refractivity contribution in [2.45, 2.75) is 141 Å². The van der Waals surface area contributed by atoms with Gasteiger partial charge in [-0.25, -0.2) is 15.0 Å². The van der Waals surface area contributed by atoms with Gasteiger partial charge in [0, 0.05) is 69.8 Å². The summed E-state index contributed by atoms with van der Waals surface area (Å²) >= 11 is 14.0. The van der Waals surface area contributed by atoms with Crippen molar-refractivity contribution in [3.05, 3.63) is 222 Å². The summed E-state index contributed by atoms with van der Waals surface area (Å²) in [5, 5.41) is 35.8. The lowest BCUT2D eigenvalue weighted by Crippen LogP contribution is -2.41. The number of anilines is 2. The molecule has 0 fully saturated rings. The first-order valence-electron chi connectivity index (χ1n) is 36.5. The highest BCUT2D eigenvalue weighted by atomic mass is 35.5. The number of Topliss-reactive ketones (excluding diaryl/α,β-unsaturated/α-hetero) is 2. The molecule has 20 bridgehead atoms. The van der Waals surface area contributed by atoms with Gasteiger partial charge < -0.3 is 58.6 Å². The number of hydrogen-bond donors (Lipinski definition) is 6. The van der Waals surface area contributed by atoms with Crippen LogP contribution in [-0.4, -0.2) is 78.2 Å². The third-order valence-corrected chi connectivity index (χ3v) is 23.8. The van der Waals surface area contributed by atoms with E-state index in [9.17, 15) is 29.4 Å². The first-order chi connectivity index (χ1) is 51.0. The minimum absolute atomic E-state index is 0.106. The Hall–Kier alpha value is -10.4. The zero-order valence-electron chi connectivity index (χ0n) is 59.2. The summed E-state index contributed by atoms with van der Waals surface area (Å²) in [7, 11) is 0. The average molecular weight is 1460 g/mol. The van der Waals surface area contributed by atoms with Gasteiger partial charge >= 0.3 is 0 Å². The Labute approximate surface area is 619 Å². The Morgan fingerprint density at radius 3 is 1.62 bits per heavy atom. The number of oxazole rings is 4. The van der Waals surface area contributed by atoms with Crippen molar-refractivity contribution in [2.24, 2.45) is 35.5 Å². The molecule has 10 aromatic rings. The first kappa shape index (κ1) is 66.3. The molecule has 22 heteroatoms. The number of aliphatic hydroxyl groups excluding tert-OH is 2. The van der Waals surface area contributed by atoms with Gasteiger partial charge in [0.15, 0.2) is 63.6 Å². The summed E-state index contributed by atoms with van der Waals surface area (Å²) in [6, 6.07) is 35.9. The molecule has 10 aliphatic heterocycles.